The third-order valence-electron chi connectivity index (χ3n) is 3.68. The molecule has 3 heteroatoms. The van der Waals surface area contributed by atoms with Crippen LogP contribution in [0.2, 0.25) is 0 Å². The number of hydrogen-bond donors (Lipinski definition) is 1. The number of carbonyl (C=O) groups is 1. The third-order valence-corrected chi connectivity index (χ3v) is 3.68. The average molecular weight is 278 g/mol. The maximum atomic E-state index is 11.5. The predicted octanol–water partition coefficient (Wildman–Crippen LogP) is 3.80. The summed E-state index contributed by atoms with van der Waals surface area (Å²) in [7, 11) is 0. The van der Waals surface area contributed by atoms with Crippen molar-refractivity contribution in [3.05, 3.63) is 28.3 Å². The molecule has 3 nitrogen and oxygen atoms in total. The van der Waals surface area contributed by atoms with Crippen molar-refractivity contribution in [3.8, 4) is 5.75 Å². The molecule has 0 bridgehead atoms. The number of rotatable bonds is 4. The van der Waals surface area contributed by atoms with Gasteiger partial charge in [0.15, 0.2) is 0 Å². The van der Waals surface area contributed by atoms with Crippen molar-refractivity contribution < 1.29 is 14.6 Å². The molecule has 0 aromatic heterocycles. The van der Waals surface area contributed by atoms with Crippen LogP contribution >= 0.6 is 0 Å². The first-order valence-corrected chi connectivity index (χ1v) is 7.16. The zero-order chi connectivity index (χ0) is 15.5. The van der Waals surface area contributed by atoms with Crippen molar-refractivity contribution >= 4 is 5.97 Å². The van der Waals surface area contributed by atoms with Gasteiger partial charge in [0.2, 0.25) is 0 Å². The molecule has 112 valence electrons. The van der Waals surface area contributed by atoms with E-state index in [-0.39, 0.29) is 11.4 Å². The van der Waals surface area contributed by atoms with E-state index in [2.05, 4.69) is 20.8 Å². The SMILES string of the molecule is CCOC(=O)CCc1cc(C(C)(C)C)c(O)c(C)c1C. The highest BCUT2D eigenvalue weighted by atomic mass is 16.5. The largest absolute Gasteiger partial charge is 0.507 e. The second kappa shape index (κ2) is 6.29. The van der Waals surface area contributed by atoms with Gasteiger partial charge < -0.3 is 9.84 Å². The molecule has 0 atom stereocenters. The van der Waals surface area contributed by atoms with Crippen molar-refractivity contribution in [2.45, 2.75) is 59.8 Å². The minimum Gasteiger partial charge on any atom is -0.507 e. The monoisotopic (exact) mass is 278 g/mol. The number of esters is 1. The Morgan fingerprint density at radius 1 is 1.25 bits per heavy atom. The van der Waals surface area contributed by atoms with Crippen molar-refractivity contribution in [1.29, 1.82) is 0 Å². The van der Waals surface area contributed by atoms with Gasteiger partial charge in [0.1, 0.15) is 5.75 Å². The lowest BCUT2D eigenvalue weighted by atomic mass is 9.82. The van der Waals surface area contributed by atoms with Crippen LogP contribution in [0.15, 0.2) is 6.07 Å². The van der Waals surface area contributed by atoms with Crippen LogP contribution in [-0.2, 0) is 21.4 Å². The highest BCUT2D eigenvalue weighted by molar-refractivity contribution is 5.70. The molecule has 0 aliphatic carbocycles. The van der Waals surface area contributed by atoms with E-state index in [0.29, 0.717) is 25.2 Å². The Hall–Kier alpha value is -1.51. The maximum absolute atomic E-state index is 11.5. The quantitative estimate of drug-likeness (QED) is 0.852. The highest BCUT2D eigenvalue weighted by Gasteiger charge is 2.22. The van der Waals surface area contributed by atoms with Crippen molar-refractivity contribution in [3.63, 3.8) is 0 Å². The van der Waals surface area contributed by atoms with Crippen LogP contribution in [-0.4, -0.2) is 17.7 Å². The van der Waals surface area contributed by atoms with Gasteiger partial charge in [-0.25, -0.2) is 0 Å². The van der Waals surface area contributed by atoms with E-state index in [9.17, 15) is 9.90 Å². The zero-order valence-corrected chi connectivity index (χ0v) is 13.5. The molecule has 0 fully saturated rings. The van der Waals surface area contributed by atoms with Gasteiger partial charge in [0.05, 0.1) is 6.61 Å². The molecular formula is C17H26O3. The smallest absolute Gasteiger partial charge is 0.306 e. The summed E-state index contributed by atoms with van der Waals surface area (Å²) in [6, 6.07) is 2.02. The van der Waals surface area contributed by atoms with E-state index in [1.807, 2.05) is 26.8 Å². The Balaban J connectivity index is 3.08. The topological polar surface area (TPSA) is 46.5 Å². The van der Waals surface area contributed by atoms with Crippen LogP contribution < -0.4 is 0 Å². The highest BCUT2D eigenvalue weighted by Crippen LogP contribution is 2.36. The van der Waals surface area contributed by atoms with Crippen LogP contribution in [0, 0.1) is 13.8 Å². The molecule has 0 aliphatic rings. The number of ether oxygens (including phenoxy) is 1. The van der Waals surface area contributed by atoms with Gasteiger partial charge in [-0.15, -0.1) is 0 Å². The fraction of sp³-hybridized carbons (Fsp3) is 0.588. The number of carbonyl (C=O) groups excluding carboxylic acids is 1. The summed E-state index contributed by atoms with van der Waals surface area (Å²) in [5.41, 5.74) is 3.87. The van der Waals surface area contributed by atoms with E-state index < -0.39 is 0 Å². The summed E-state index contributed by atoms with van der Waals surface area (Å²) in [5.74, 6) is 0.199. The molecule has 1 N–H and O–H groups in total. The zero-order valence-electron chi connectivity index (χ0n) is 13.5. The standard InChI is InChI=1S/C17H26O3/c1-7-20-15(18)9-8-13-10-14(17(4,5)6)16(19)12(3)11(13)2/h10,19H,7-9H2,1-6H3. The van der Waals surface area contributed by atoms with Gasteiger partial charge in [-0.1, -0.05) is 26.8 Å². The van der Waals surface area contributed by atoms with Crippen molar-refractivity contribution in [2.24, 2.45) is 0 Å². The second-order valence-electron chi connectivity index (χ2n) is 6.24. The molecule has 0 unspecified atom stereocenters. The number of aromatic hydroxyl groups is 1. The third kappa shape index (κ3) is 3.75. The normalized spacial score (nSPS) is 11.5. The lowest BCUT2D eigenvalue weighted by molar-refractivity contribution is -0.143. The second-order valence-corrected chi connectivity index (χ2v) is 6.24. The predicted molar refractivity (Wildman–Crippen MR) is 81.2 cm³/mol. The molecule has 1 rings (SSSR count). The van der Waals surface area contributed by atoms with Crippen molar-refractivity contribution in [2.75, 3.05) is 6.61 Å². The van der Waals surface area contributed by atoms with Gasteiger partial charge in [-0.2, -0.15) is 0 Å². The summed E-state index contributed by atoms with van der Waals surface area (Å²) in [6.45, 7) is 12.4. The Labute approximate surface area is 122 Å². The van der Waals surface area contributed by atoms with E-state index >= 15 is 0 Å². The van der Waals surface area contributed by atoms with Crippen LogP contribution in [0.3, 0.4) is 0 Å². The Morgan fingerprint density at radius 3 is 2.35 bits per heavy atom. The van der Waals surface area contributed by atoms with Crippen LogP contribution in [0.1, 0.15) is 56.4 Å². The van der Waals surface area contributed by atoms with Gasteiger partial charge in [0.25, 0.3) is 0 Å². The molecule has 0 heterocycles. The number of benzene rings is 1. The molecule has 1 aromatic carbocycles. The molecule has 0 radical (unpaired) electrons. The van der Waals surface area contributed by atoms with Gasteiger partial charge >= 0.3 is 5.97 Å². The Kier molecular flexibility index (Phi) is 5.21. The minimum absolute atomic E-state index is 0.124. The number of phenols is 1. The first kappa shape index (κ1) is 16.5. The first-order valence-electron chi connectivity index (χ1n) is 7.16. The molecule has 0 aliphatic heterocycles. The molecule has 1 aromatic rings. The maximum Gasteiger partial charge on any atom is 0.306 e. The molecule has 20 heavy (non-hydrogen) atoms. The summed E-state index contributed by atoms with van der Waals surface area (Å²) >= 11 is 0. The van der Waals surface area contributed by atoms with Crippen LogP contribution in [0.4, 0.5) is 0 Å². The summed E-state index contributed by atoms with van der Waals surface area (Å²) in [5, 5.41) is 10.3. The van der Waals surface area contributed by atoms with Gasteiger partial charge in [-0.3, -0.25) is 4.79 Å². The molecule has 0 amide bonds. The molecule has 0 saturated heterocycles. The van der Waals surface area contributed by atoms with E-state index in [1.165, 1.54) is 0 Å². The number of aryl methyl sites for hydroxylation is 1. The average Bonchev–Trinajstić information content (AvgIpc) is 2.34. The van der Waals surface area contributed by atoms with Crippen LogP contribution in [0.25, 0.3) is 0 Å². The molecule has 0 spiro atoms. The Morgan fingerprint density at radius 2 is 1.85 bits per heavy atom. The van der Waals surface area contributed by atoms with E-state index in [0.717, 1.165) is 22.3 Å². The summed E-state index contributed by atoms with van der Waals surface area (Å²) in [6.07, 6.45) is 1.03. The van der Waals surface area contributed by atoms with Gasteiger partial charge in [-0.05, 0) is 54.9 Å². The lowest BCUT2D eigenvalue weighted by Crippen LogP contribution is -2.14. The summed E-state index contributed by atoms with van der Waals surface area (Å²) < 4.78 is 4.97. The number of phenolic OH excluding ortho intramolecular Hbond substituents is 1. The lowest BCUT2D eigenvalue weighted by Gasteiger charge is -2.24. The van der Waals surface area contributed by atoms with Crippen LogP contribution in [0.5, 0.6) is 5.75 Å². The van der Waals surface area contributed by atoms with E-state index in [4.69, 9.17) is 4.74 Å². The van der Waals surface area contributed by atoms with Gasteiger partial charge in [0, 0.05) is 6.42 Å². The number of hydrogen-bond acceptors (Lipinski definition) is 3. The first-order chi connectivity index (χ1) is 9.18. The van der Waals surface area contributed by atoms with Crippen molar-refractivity contribution in [1.82, 2.24) is 0 Å². The summed E-state index contributed by atoms with van der Waals surface area (Å²) in [4.78, 5) is 11.5. The molecule has 0 saturated carbocycles. The fourth-order valence-corrected chi connectivity index (χ4v) is 2.27. The fourth-order valence-electron chi connectivity index (χ4n) is 2.27. The van der Waals surface area contributed by atoms with E-state index in [1.54, 1.807) is 0 Å². The Bertz CT molecular complexity index is 496. The molecular weight excluding hydrogens is 252 g/mol. The minimum atomic E-state index is -0.171.